The Balaban J connectivity index is 2.38. The number of alkyl halides is 3. The molecule has 0 saturated heterocycles. The van der Waals surface area contributed by atoms with Crippen LogP contribution in [0.5, 0.6) is 5.75 Å². The summed E-state index contributed by atoms with van der Waals surface area (Å²) in [4.78, 5) is -0.636. The van der Waals surface area contributed by atoms with Crippen LogP contribution in [0.3, 0.4) is 0 Å². The van der Waals surface area contributed by atoms with Crippen molar-refractivity contribution in [2.24, 2.45) is 0 Å². The second-order valence-corrected chi connectivity index (χ2v) is 5.98. The lowest BCUT2D eigenvalue weighted by Crippen LogP contribution is -2.20. The van der Waals surface area contributed by atoms with E-state index in [1.165, 1.54) is 30.3 Å². The maximum atomic E-state index is 12.4. The van der Waals surface area contributed by atoms with Crippen molar-refractivity contribution in [1.29, 1.82) is 0 Å². The van der Waals surface area contributed by atoms with Gasteiger partial charge in [0.25, 0.3) is 10.0 Å². The zero-order chi connectivity index (χ0) is 17.1. The molecule has 2 rings (SSSR count). The number of benzene rings is 2. The van der Waals surface area contributed by atoms with E-state index in [1.54, 1.807) is 6.07 Å². The fourth-order valence-electron chi connectivity index (χ4n) is 1.76. The van der Waals surface area contributed by atoms with Crippen LogP contribution in [0.1, 0.15) is 5.56 Å². The monoisotopic (exact) mass is 341 g/mol. The molecular weight excluding hydrogens is 331 g/mol. The Morgan fingerprint density at radius 1 is 1.09 bits per heavy atom. The number of rotatable bonds is 4. The number of para-hydroxylation sites is 1. The molecule has 0 radical (unpaired) electrons. The summed E-state index contributed by atoms with van der Waals surface area (Å²) in [6.07, 6.45) is 0.210. The molecule has 2 aromatic rings. The summed E-state index contributed by atoms with van der Waals surface area (Å²) in [5, 5.41) is 0. The molecule has 0 saturated carbocycles. The first-order valence-electron chi connectivity index (χ1n) is 6.15. The summed E-state index contributed by atoms with van der Waals surface area (Å²) in [5.74, 6) is 1.51. The summed E-state index contributed by atoms with van der Waals surface area (Å²) < 4.78 is 67.6. The summed E-state index contributed by atoms with van der Waals surface area (Å²) in [6.45, 7) is 0. The van der Waals surface area contributed by atoms with Crippen molar-refractivity contribution in [3.05, 3.63) is 54.1 Å². The summed E-state index contributed by atoms with van der Waals surface area (Å²) in [6, 6.07) is 10.4. The second kappa shape index (κ2) is 6.22. The summed E-state index contributed by atoms with van der Waals surface area (Å²) in [7, 11) is -4.28. The SMILES string of the molecule is C#Cc1cccc(NS(=O)(=O)c2ccccc2OC(F)(F)F)c1. The van der Waals surface area contributed by atoms with Crippen molar-refractivity contribution in [2.45, 2.75) is 11.3 Å². The average Bonchev–Trinajstić information content (AvgIpc) is 2.45. The van der Waals surface area contributed by atoms with Crippen LogP contribution in [0.25, 0.3) is 0 Å². The summed E-state index contributed by atoms with van der Waals surface area (Å²) in [5.41, 5.74) is 0.548. The van der Waals surface area contributed by atoms with Crippen molar-refractivity contribution >= 4 is 15.7 Å². The fraction of sp³-hybridized carbons (Fsp3) is 0.0667. The lowest BCUT2D eigenvalue weighted by atomic mass is 10.2. The largest absolute Gasteiger partial charge is 0.573 e. The van der Waals surface area contributed by atoms with Crippen LogP contribution in [0, 0.1) is 12.3 Å². The lowest BCUT2D eigenvalue weighted by Gasteiger charge is -2.14. The molecule has 0 fully saturated rings. The number of ether oxygens (including phenoxy) is 1. The number of halogens is 3. The molecule has 0 bridgehead atoms. The third-order valence-electron chi connectivity index (χ3n) is 2.65. The molecule has 23 heavy (non-hydrogen) atoms. The Kier molecular flexibility index (Phi) is 4.52. The van der Waals surface area contributed by atoms with E-state index in [1.807, 2.05) is 0 Å². The smallest absolute Gasteiger partial charge is 0.404 e. The molecule has 2 aromatic carbocycles. The van der Waals surface area contributed by atoms with Gasteiger partial charge in [-0.2, -0.15) is 0 Å². The van der Waals surface area contributed by atoms with Crippen LogP contribution in [-0.4, -0.2) is 14.8 Å². The Labute approximate surface area is 131 Å². The van der Waals surface area contributed by atoms with Crippen LogP contribution in [0.15, 0.2) is 53.4 Å². The first kappa shape index (κ1) is 16.7. The van der Waals surface area contributed by atoms with Crippen molar-refractivity contribution in [3.63, 3.8) is 0 Å². The molecule has 0 atom stereocenters. The maximum absolute atomic E-state index is 12.4. The lowest BCUT2D eigenvalue weighted by molar-refractivity contribution is -0.275. The van der Waals surface area contributed by atoms with Crippen molar-refractivity contribution in [1.82, 2.24) is 0 Å². The quantitative estimate of drug-likeness (QED) is 0.868. The van der Waals surface area contributed by atoms with E-state index >= 15 is 0 Å². The predicted molar refractivity (Wildman–Crippen MR) is 78.3 cm³/mol. The molecule has 120 valence electrons. The topological polar surface area (TPSA) is 55.4 Å². The van der Waals surface area contributed by atoms with Gasteiger partial charge in [-0.1, -0.05) is 24.1 Å². The summed E-state index contributed by atoms with van der Waals surface area (Å²) >= 11 is 0. The van der Waals surface area contributed by atoms with E-state index in [-0.39, 0.29) is 5.69 Å². The Hall–Kier alpha value is -2.66. The first-order chi connectivity index (χ1) is 10.7. The number of terminal acetylenes is 1. The van der Waals surface area contributed by atoms with Gasteiger partial charge < -0.3 is 4.74 Å². The molecular formula is C15H10F3NO3S. The Morgan fingerprint density at radius 3 is 2.43 bits per heavy atom. The predicted octanol–water partition coefficient (Wildman–Crippen LogP) is 3.37. The van der Waals surface area contributed by atoms with Crippen LogP contribution in [0.2, 0.25) is 0 Å². The van der Waals surface area contributed by atoms with E-state index in [0.717, 1.165) is 12.1 Å². The molecule has 8 heteroatoms. The highest BCUT2D eigenvalue weighted by Gasteiger charge is 2.34. The Bertz CT molecular complexity index is 855. The van der Waals surface area contributed by atoms with E-state index in [2.05, 4.69) is 15.4 Å². The van der Waals surface area contributed by atoms with Gasteiger partial charge in [0.1, 0.15) is 10.6 Å². The van der Waals surface area contributed by atoms with Gasteiger partial charge in [-0.05, 0) is 30.3 Å². The number of hydrogen-bond donors (Lipinski definition) is 1. The normalized spacial score (nSPS) is 11.6. The minimum atomic E-state index is -5.00. The van der Waals surface area contributed by atoms with Crippen molar-refractivity contribution in [2.75, 3.05) is 4.72 Å². The zero-order valence-electron chi connectivity index (χ0n) is 11.5. The number of anilines is 1. The van der Waals surface area contributed by atoms with Crippen LogP contribution < -0.4 is 9.46 Å². The highest BCUT2D eigenvalue weighted by molar-refractivity contribution is 7.92. The molecule has 0 amide bonds. The number of sulfonamides is 1. The van der Waals surface area contributed by atoms with E-state index in [4.69, 9.17) is 6.42 Å². The zero-order valence-corrected chi connectivity index (χ0v) is 12.3. The van der Waals surface area contributed by atoms with Gasteiger partial charge in [0.05, 0.1) is 5.69 Å². The minimum absolute atomic E-state index is 0.127. The third-order valence-corrected chi connectivity index (χ3v) is 4.07. The molecule has 0 aliphatic heterocycles. The number of hydrogen-bond acceptors (Lipinski definition) is 3. The van der Waals surface area contributed by atoms with Crippen LogP contribution in [-0.2, 0) is 10.0 Å². The van der Waals surface area contributed by atoms with Crippen LogP contribution in [0.4, 0.5) is 18.9 Å². The van der Waals surface area contributed by atoms with E-state index < -0.39 is 27.0 Å². The van der Waals surface area contributed by atoms with Gasteiger partial charge >= 0.3 is 6.36 Å². The second-order valence-electron chi connectivity index (χ2n) is 4.33. The van der Waals surface area contributed by atoms with Gasteiger partial charge in [-0.15, -0.1) is 19.6 Å². The van der Waals surface area contributed by atoms with Gasteiger partial charge in [0.2, 0.25) is 0 Å². The molecule has 1 N–H and O–H groups in total. The Morgan fingerprint density at radius 2 is 1.78 bits per heavy atom. The molecule has 0 spiro atoms. The van der Waals surface area contributed by atoms with Crippen molar-refractivity contribution in [3.8, 4) is 18.1 Å². The maximum Gasteiger partial charge on any atom is 0.573 e. The molecule has 4 nitrogen and oxygen atoms in total. The molecule has 0 aliphatic carbocycles. The van der Waals surface area contributed by atoms with Gasteiger partial charge in [-0.3, -0.25) is 4.72 Å². The van der Waals surface area contributed by atoms with Gasteiger partial charge in [0, 0.05) is 5.56 Å². The van der Waals surface area contributed by atoms with Crippen LogP contribution >= 0.6 is 0 Å². The van der Waals surface area contributed by atoms with E-state index in [9.17, 15) is 21.6 Å². The molecule has 0 heterocycles. The molecule has 0 aromatic heterocycles. The fourth-order valence-corrected chi connectivity index (χ4v) is 2.94. The highest BCUT2D eigenvalue weighted by atomic mass is 32.2. The third kappa shape index (κ3) is 4.40. The first-order valence-corrected chi connectivity index (χ1v) is 7.64. The highest BCUT2D eigenvalue weighted by Crippen LogP contribution is 2.30. The minimum Gasteiger partial charge on any atom is -0.404 e. The van der Waals surface area contributed by atoms with Gasteiger partial charge in [0.15, 0.2) is 0 Å². The van der Waals surface area contributed by atoms with Gasteiger partial charge in [-0.25, -0.2) is 8.42 Å². The molecule has 0 unspecified atom stereocenters. The molecule has 0 aliphatic rings. The van der Waals surface area contributed by atoms with Crippen molar-refractivity contribution < 1.29 is 26.3 Å². The average molecular weight is 341 g/mol. The number of nitrogens with one attached hydrogen (secondary N) is 1. The van der Waals surface area contributed by atoms with E-state index in [0.29, 0.717) is 5.56 Å². The standard InChI is InChI=1S/C15H10F3NO3S/c1-2-11-6-5-7-12(10-11)19-23(20,21)14-9-4-3-8-13(14)22-15(16,17)18/h1,3-10,19H.